The van der Waals surface area contributed by atoms with Crippen LogP contribution in [0.25, 0.3) is 0 Å². The molecule has 2 N–H and O–H groups in total. The fraction of sp³-hybridized carbons (Fsp3) is 0.385. The molecular formula is C13H16ClFN4S. The van der Waals surface area contributed by atoms with Gasteiger partial charge < -0.3 is 10.3 Å². The van der Waals surface area contributed by atoms with Crippen LogP contribution in [0.4, 0.5) is 4.39 Å². The molecule has 1 aromatic heterocycles. The van der Waals surface area contributed by atoms with E-state index in [-0.39, 0.29) is 5.02 Å². The maximum absolute atomic E-state index is 13.1. The molecule has 108 valence electrons. The van der Waals surface area contributed by atoms with Crippen molar-refractivity contribution in [3.63, 3.8) is 0 Å². The third-order valence-electron chi connectivity index (χ3n) is 2.78. The zero-order valence-corrected chi connectivity index (χ0v) is 12.7. The van der Waals surface area contributed by atoms with Gasteiger partial charge in [0.15, 0.2) is 5.16 Å². The van der Waals surface area contributed by atoms with E-state index in [1.807, 2.05) is 4.57 Å². The maximum Gasteiger partial charge on any atom is 0.191 e. The van der Waals surface area contributed by atoms with Crippen LogP contribution >= 0.6 is 23.4 Å². The highest BCUT2D eigenvalue weighted by atomic mass is 35.5. The van der Waals surface area contributed by atoms with E-state index >= 15 is 0 Å². The molecule has 0 aliphatic carbocycles. The third-order valence-corrected chi connectivity index (χ3v) is 4.10. The van der Waals surface area contributed by atoms with E-state index in [4.69, 9.17) is 17.3 Å². The summed E-state index contributed by atoms with van der Waals surface area (Å²) in [6, 6.07) is 4.73. The first kappa shape index (κ1) is 15.3. The summed E-state index contributed by atoms with van der Waals surface area (Å²) in [5, 5.41) is 9.19. The second-order valence-electron chi connectivity index (χ2n) is 4.29. The number of thioether (sulfide) groups is 1. The first-order chi connectivity index (χ1) is 9.65. The summed E-state index contributed by atoms with van der Waals surface area (Å²) in [5.41, 5.74) is 6.59. The Hall–Kier alpha value is -1.11. The molecule has 7 heteroatoms. The Morgan fingerprint density at radius 1 is 1.40 bits per heavy atom. The van der Waals surface area contributed by atoms with Crippen LogP contribution in [0.2, 0.25) is 5.02 Å². The van der Waals surface area contributed by atoms with Gasteiger partial charge in [0.2, 0.25) is 0 Å². The number of nitrogens with zero attached hydrogens (tertiary/aromatic N) is 3. The molecule has 0 unspecified atom stereocenters. The van der Waals surface area contributed by atoms with Crippen molar-refractivity contribution in [2.24, 2.45) is 5.73 Å². The normalized spacial score (nSPS) is 11.0. The van der Waals surface area contributed by atoms with Crippen LogP contribution in [-0.4, -0.2) is 14.8 Å². The Kier molecular flexibility index (Phi) is 5.39. The van der Waals surface area contributed by atoms with Gasteiger partial charge in [-0.15, -0.1) is 10.2 Å². The Balaban J connectivity index is 2.10. The molecule has 4 nitrogen and oxygen atoms in total. The molecule has 0 aliphatic rings. The van der Waals surface area contributed by atoms with Crippen molar-refractivity contribution in [1.29, 1.82) is 0 Å². The van der Waals surface area contributed by atoms with Crippen molar-refractivity contribution in [3.8, 4) is 0 Å². The zero-order chi connectivity index (χ0) is 14.5. The van der Waals surface area contributed by atoms with Crippen molar-refractivity contribution in [2.75, 3.05) is 0 Å². The average Bonchev–Trinajstić information content (AvgIpc) is 2.83. The van der Waals surface area contributed by atoms with E-state index in [2.05, 4.69) is 17.1 Å². The highest BCUT2D eigenvalue weighted by molar-refractivity contribution is 7.98. The van der Waals surface area contributed by atoms with E-state index in [9.17, 15) is 4.39 Å². The number of nitrogens with two attached hydrogens (primary N) is 1. The molecule has 0 saturated heterocycles. The lowest BCUT2D eigenvalue weighted by molar-refractivity contribution is 0.592. The van der Waals surface area contributed by atoms with Crippen molar-refractivity contribution < 1.29 is 4.39 Å². The molecule has 2 aromatic rings. The highest BCUT2D eigenvalue weighted by Crippen LogP contribution is 2.24. The molecule has 0 amide bonds. The first-order valence-electron chi connectivity index (χ1n) is 6.34. The van der Waals surface area contributed by atoms with Crippen molar-refractivity contribution in [3.05, 3.63) is 40.4 Å². The van der Waals surface area contributed by atoms with E-state index in [0.717, 1.165) is 29.5 Å². The van der Waals surface area contributed by atoms with Gasteiger partial charge in [-0.05, 0) is 24.1 Å². The predicted octanol–water partition coefficient (Wildman–Crippen LogP) is 3.23. The van der Waals surface area contributed by atoms with Crippen LogP contribution in [0, 0.1) is 5.82 Å². The smallest absolute Gasteiger partial charge is 0.191 e. The topological polar surface area (TPSA) is 56.7 Å². The minimum atomic E-state index is -0.403. The Labute approximate surface area is 126 Å². The molecule has 2 rings (SSSR count). The number of aromatic nitrogens is 3. The first-order valence-corrected chi connectivity index (χ1v) is 7.71. The van der Waals surface area contributed by atoms with Crippen molar-refractivity contribution in [1.82, 2.24) is 14.8 Å². The molecule has 0 bridgehead atoms. The summed E-state index contributed by atoms with van der Waals surface area (Å²) in [4.78, 5) is 0. The zero-order valence-electron chi connectivity index (χ0n) is 11.1. The SMILES string of the molecule is CCCn1c(CN)nnc1SCc1ccc(F)c(Cl)c1. The Morgan fingerprint density at radius 3 is 2.85 bits per heavy atom. The van der Waals surface area contributed by atoms with Crippen LogP contribution < -0.4 is 5.73 Å². The van der Waals surface area contributed by atoms with Crippen LogP contribution in [0.15, 0.2) is 23.4 Å². The standard InChI is InChI=1S/C13H16ClFN4S/c1-2-5-19-12(7-16)17-18-13(19)20-8-9-3-4-11(15)10(14)6-9/h3-4,6H,2,5,7-8,16H2,1H3. The van der Waals surface area contributed by atoms with Crippen LogP contribution in [0.3, 0.4) is 0 Å². The predicted molar refractivity (Wildman–Crippen MR) is 79.2 cm³/mol. The summed E-state index contributed by atoms with van der Waals surface area (Å²) in [7, 11) is 0. The fourth-order valence-corrected chi connectivity index (χ4v) is 2.93. The summed E-state index contributed by atoms with van der Waals surface area (Å²) >= 11 is 7.31. The highest BCUT2D eigenvalue weighted by Gasteiger charge is 2.11. The maximum atomic E-state index is 13.1. The molecule has 0 atom stereocenters. The van der Waals surface area contributed by atoms with Crippen molar-refractivity contribution in [2.45, 2.75) is 37.3 Å². The minimum absolute atomic E-state index is 0.140. The Bertz CT molecular complexity index is 588. The lowest BCUT2D eigenvalue weighted by Crippen LogP contribution is -2.09. The number of hydrogen-bond donors (Lipinski definition) is 1. The second kappa shape index (κ2) is 7.06. The molecule has 0 aliphatic heterocycles. The van der Waals surface area contributed by atoms with Gasteiger partial charge in [0.1, 0.15) is 11.6 Å². The van der Waals surface area contributed by atoms with Crippen molar-refractivity contribution >= 4 is 23.4 Å². The van der Waals surface area contributed by atoms with E-state index in [0.29, 0.717) is 12.3 Å². The van der Waals surface area contributed by atoms with Crippen LogP contribution in [0.5, 0.6) is 0 Å². The van der Waals surface area contributed by atoms with Crippen LogP contribution in [0.1, 0.15) is 24.7 Å². The van der Waals surface area contributed by atoms with Gasteiger partial charge in [0.25, 0.3) is 0 Å². The molecule has 1 heterocycles. The molecule has 0 spiro atoms. The number of halogens is 2. The average molecular weight is 315 g/mol. The largest absolute Gasteiger partial charge is 0.324 e. The van der Waals surface area contributed by atoms with E-state index in [1.54, 1.807) is 23.9 Å². The molecule has 0 saturated carbocycles. The molecular weight excluding hydrogens is 299 g/mol. The van der Waals surface area contributed by atoms with Gasteiger partial charge in [-0.3, -0.25) is 0 Å². The summed E-state index contributed by atoms with van der Waals surface area (Å²) in [6.45, 7) is 3.30. The van der Waals surface area contributed by atoms with Gasteiger partial charge in [-0.2, -0.15) is 0 Å². The fourth-order valence-electron chi connectivity index (χ4n) is 1.80. The van der Waals surface area contributed by atoms with Gasteiger partial charge in [-0.25, -0.2) is 4.39 Å². The van der Waals surface area contributed by atoms with E-state index in [1.165, 1.54) is 6.07 Å². The van der Waals surface area contributed by atoms with E-state index < -0.39 is 5.82 Å². The summed E-state index contributed by atoms with van der Waals surface area (Å²) in [6.07, 6.45) is 0.987. The summed E-state index contributed by atoms with van der Waals surface area (Å²) in [5.74, 6) is 1.04. The monoisotopic (exact) mass is 314 g/mol. The Morgan fingerprint density at radius 2 is 2.20 bits per heavy atom. The van der Waals surface area contributed by atoms with Gasteiger partial charge in [0.05, 0.1) is 11.6 Å². The molecule has 0 radical (unpaired) electrons. The number of rotatable bonds is 6. The van der Waals surface area contributed by atoms with Crippen LogP contribution in [-0.2, 0) is 18.8 Å². The molecule has 0 fully saturated rings. The summed E-state index contributed by atoms with van der Waals surface area (Å²) < 4.78 is 15.1. The van der Waals surface area contributed by atoms with Gasteiger partial charge in [-0.1, -0.05) is 36.4 Å². The number of hydrogen-bond acceptors (Lipinski definition) is 4. The second-order valence-corrected chi connectivity index (χ2v) is 5.64. The molecule has 20 heavy (non-hydrogen) atoms. The lowest BCUT2D eigenvalue weighted by Gasteiger charge is -2.07. The third kappa shape index (κ3) is 3.50. The number of benzene rings is 1. The lowest BCUT2D eigenvalue weighted by atomic mass is 10.2. The quantitative estimate of drug-likeness (QED) is 0.832. The van der Waals surface area contributed by atoms with Gasteiger partial charge in [0, 0.05) is 12.3 Å². The minimum Gasteiger partial charge on any atom is -0.324 e. The molecule has 1 aromatic carbocycles. The van der Waals surface area contributed by atoms with Gasteiger partial charge >= 0.3 is 0 Å².